The highest BCUT2D eigenvalue weighted by Crippen LogP contribution is 2.33. The van der Waals surface area contributed by atoms with Gasteiger partial charge in [0, 0.05) is 23.2 Å². The smallest absolute Gasteiger partial charge is 0.273 e. The highest BCUT2D eigenvalue weighted by Gasteiger charge is 2.35. The van der Waals surface area contributed by atoms with Crippen LogP contribution in [0.2, 0.25) is 0 Å². The van der Waals surface area contributed by atoms with Crippen molar-refractivity contribution in [3.05, 3.63) is 53.0 Å². The van der Waals surface area contributed by atoms with Crippen molar-refractivity contribution in [3.8, 4) is 5.88 Å². The number of morpholine rings is 1. The summed E-state index contributed by atoms with van der Waals surface area (Å²) in [6.07, 6.45) is 3.39. The van der Waals surface area contributed by atoms with Gasteiger partial charge in [0.25, 0.3) is 5.91 Å². The Morgan fingerprint density at radius 3 is 2.73 bits per heavy atom. The third-order valence-electron chi connectivity index (χ3n) is 6.01. The Bertz CT molecular complexity index is 1200. The fourth-order valence-electron chi connectivity index (χ4n) is 4.44. The number of carbonyl (C=O) groups excluding carboxylic acids is 1. The molecule has 2 aliphatic heterocycles. The topological polar surface area (TPSA) is 113 Å². The van der Waals surface area contributed by atoms with Gasteiger partial charge in [0.15, 0.2) is 0 Å². The average Bonchev–Trinajstić information content (AvgIpc) is 3.30. The van der Waals surface area contributed by atoms with Crippen LogP contribution in [0.5, 0.6) is 5.88 Å². The quantitative estimate of drug-likeness (QED) is 0.647. The molecule has 3 aromatic heterocycles. The summed E-state index contributed by atoms with van der Waals surface area (Å²) in [6, 6.07) is 5.15. The van der Waals surface area contributed by atoms with E-state index < -0.39 is 0 Å². The second-order valence-electron chi connectivity index (χ2n) is 8.74. The average molecular weight is 450 g/mol. The second-order valence-corrected chi connectivity index (χ2v) is 8.74. The normalized spacial score (nSPS) is 20.3. The number of hydrogen-bond acceptors (Lipinski definition) is 8. The summed E-state index contributed by atoms with van der Waals surface area (Å²) < 4.78 is 17.0. The van der Waals surface area contributed by atoms with Crippen LogP contribution in [0.1, 0.15) is 54.0 Å². The maximum absolute atomic E-state index is 13.7. The van der Waals surface area contributed by atoms with Crippen LogP contribution in [0.25, 0.3) is 10.9 Å². The van der Waals surface area contributed by atoms with Gasteiger partial charge in [-0.2, -0.15) is 0 Å². The van der Waals surface area contributed by atoms with E-state index in [2.05, 4.69) is 15.0 Å². The summed E-state index contributed by atoms with van der Waals surface area (Å²) in [6.45, 7) is 7.60. The molecule has 0 spiro atoms. The molecule has 9 heteroatoms. The summed E-state index contributed by atoms with van der Waals surface area (Å²) in [5.74, 6) is 0.843. The number of carbonyl (C=O) groups is 1. The van der Waals surface area contributed by atoms with Crippen molar-refractivity contribution in [2.45, 2.75) is 52.2 Å². The van der Waals surface area contributed by atoms with Crippen molar-refractivity contribution in [2.75, 3.05) is 18.9 Å². The molecule has 0 aromatic carbocycles. The first-order chi connectivity index (χ1) is 15.9. The number of rotatable bonds is 4. The van der Waals surface area contributed by atoms with Gasteiger partial charge >= 0.3 is 0 Å². The first-order valence-electron chi connectivity index (χ1n) is 11.1. The minimum atomic E-state index is -0.280. The fraction of sp³-hybridized carbons (Fsp3) is 0.417. The zero-order valence-electron chi connectivity index (χ0n) is 18.9. The summed E-state index contributed by atoms with van der Waals surface area (Å²) in [7, 11) is 0. The molecule has 1 fully saturated rings. The number of ether oxygens (including phenoxy) is 3. The van der Waals surface area contributed by atoms with Crippen LogP contribution in [0.3, 0.4) is 0 Å². The molecule has 33 heavy (non-hydrogen) atoms. The van der Waals surface area contributed by atoms with Gasteiger partial charge in [-0.15, -0.1) is 0 Å². The Balaban J connectivity index is 1.49. The molecule has 0 unspecified atom stereocenters. The Morgan fingerprint density at radius 2 is 1.97 bits per heavy atom. The van der Waals surface area contributed by atoms with Gasteiger partial charge in [-0.05, 0) is 44.0 Å². The third-order valence-corrected chi connectivity index (χ3v) is 6.01. The molecular weight excluding hydrogens is 422 g/mol. The molecule has 2 atom stereocenters. The van der Waals surface area contributed by atoms with Crippen LogP contribution in [0, 0.1) is 0 Å². The van der Waals surface area contributed by atoms with Crippen molar-refractivity contribution in [1.82, 2.24) is 19.9 Å². The standard InChI is InChI=1S/C24H27N5O4/c1-13(2)33-22-5-4-15(7-27-22)21-12-31-9-14(3)29(21)24(30)19-6-16-17-10-32-11-18(17)23(25)28-20(16)8-26-19/h4-8,13-14,21H,9-12H2,1-3H3,(H2,25,28)/t14-,21-/m0/s1. The molecule has 2 N–H and O–H groups in total. The molecule has 1 amide bonds. The first-order valence-corrected chi connectivity index (χ1v) is 11.1. The van der Waals surface area contributed by atoms with Crippen LogP contribution < -0.4 is 10.5 Å². The Hall–Kier alpha value is -3.30. The van der Waals surface area contributed by atoms with Gasteiger partial charge in [0.05, 0.1) is 56.3 Å². The molecule has 0 aliphatic carbocycles. The number of pyridine rings is 3. The van der Waals surface area contributed by atoms with Crippen LogP contribution >= 0.6 is 0 Å². The lowest BCUT2D eigenvalue weighted by molar-refractivity contribution is -0.0319. The Kier molecular flexibility index (Phi) is 5.59. The molecule has 0 radical (unpaired) electrons. The van der Waals surface area contributed by atoms with E-state index in [0.29, 0.717) is 49.3 Å². The van der Waals surface area contributed by atoms with E-state index in [0.717, 1.165) is 22.1 Å². The van der Waals surface area contributed by atoms with Crippen molar-refractivity contribution in [3.63, 3.8) is 0 Å². The number of hydrogen-bond donors (Lipinski definition) is 1. The lowest BCUT2D eigenvalue weighted by Gasteiger charge is -2.40. The van der Waals surface area contributed by atoms with Gasteiger partial charge in [-0.3, -0.25) is 4.79 Å². The molecule has 5 heterocycles. The fourth-order valence-corrected chi connectivity index (χ4v) is 4.44. The number of nitrogens with zero attached hydrogens (tertiary/aromatic N) is 4. The van der Waals surface area contributed by atoms with Crippen LogP contribution in [-0.4, -0.2) is 51.1 Å². The highest BCUT2D eigenvalue weighted by atomic mass is 16.5. The maximum Gasteiger partial charge on any atom is 0.273 e. The second kappa shape index (κ2) is 8.57. The summed E-state index contributed by atoms with van der Waals surface area (Å²) in [4.78, 5) is 28.8. The van der Waals surface area contributed by atoms with Crippen molar-refractivity contribution < 1.29 is 19.0 Å². The Morgan fingerprint density at radius 1 is 1.15 bits per heavy atom. The van der Waals surface area contributed by atoms with Gasteiger partial charge in [-0.25, -0.2) is 15.0 Å². The van der Waals surface area contributed by atoms with Crippen molar-refractivity contribution in [2.24, 2.45) is 0 Å². The van der Waals surface area contributed by atoms with Gasteiger partial charge < -0.3 is 24.8 Å². The predicted octanol–water partition coefficient (Wildman–Crippen LogP) is 3.03. The summed E-state index contributed by atoms with van der Waals surface area (Å²) in [5, 5.41) is 0.851. The highest BCUT2D eigenvalue weighted by molar-refractivity contribution is 5.97. The zero-order valence-corrected chi connectivity index (χ0v) is 18.9. The minimum Gasteiger partial charge on any atom is -0.475 e. The van der Waals surface area contributed by atoms with E-state index in [1.54, 1.807) is 18.5 Å². The van der Waals surface area contributed by atoms with Crippen molar-refractivity contribution >= 4 is 22.6 Å². The number of aromatic nitrogens is 3. The molecule has 5 rings (SSSR count). The van der Waals surface area contributed by atoms with E-state index in [4.69, 9.17) is 19.9 Å². The van der Waals surface area contributed by atoms with Gasteiger partial charge in [0.2, 0.25) is 5.88 Å². The van der Waals surface area contributed by atoms with Crippen LogP contribution in [-0.2, 0) is 22.7 Å². The van der Waals surface area contributed by atoms with E-state index in [1.807, 2.05) is 37.8 Å². The van der Waals surface area contributed by atoms with Gasteiger partial charge in [0.1, 0.15) is 11.5 Å². The third kappa shape index (κ3) is 3.98. The van der Waals surface area contributed by atoms with E-state index in [9.17, 15) is 4.79 Å². The van der Waals surface area contributed by atoms with Gasteiger partial charge in [-0.1, -0.05) is 0 Å². The Labute approximate surface area is 191 Å². The number of anilines is 1. The molecule has 172 valence electrons. The first kappa shape index (κ1) is 21.5. The largest absolute Gasteiger partial charge is 0.475 e. The molecule has 3 aromatic rings. The lowest BCUT2D eigenvalue weighted by Crippen LogP contribution is -2.49. The zero-order chi connectivity index (χ0) is 23.1. The molecule has 0 saturated carbocycles. The molecule has 0 bridgehead atoms. The molecular formula is C24H27N5O4. The summed E-state index contributed by atoms with van der Waals surface area (Å²) >= 11 is 0. The maximum atomic E-state index is 13.7. The molecule has 1 saturated heterocycles. The number of nitrogens with two attached hydrogens (primary N) is 1. The van der Waals surface area contributed by atoms with E-state index in [-0.39, 0.29) is 24.1 Å². The predicted molar refractivity (Wildman–Crippen MR) is 122 cm³/mol. The SMILES string of the molecule is CC(C)Oc1ccc([C@@H]2COC[C@H](C)N2C(=O)c2cc3c4c(c(N)nc3cn2)COC4)cn1. The number of amides is 1. The summed E-state index contributed by atoms with van der Waals surface area (Å²) in [5.41, 5.74) is 9.83. The molecule has 9 nitrogen and oxygen atoms in total. The van der Waals surface area contributed by atoms with Crippen molar-refractivity contribution in [1.29, 1.82) is 0 Å². The number of fused-ring (bicyclic) bond motifs is 3. The number of nitrogen functional groups attached to an aromatic ring is 1. The van der Waals surface area contributed by atoms with Crippen LogP contribution in [0.4, 0.5) is 5.82 Å². The lowest BCUT2D eigenvalue weighted by atomic mass is 10.0. The van der Waals surface area contributed by atoms with Crippen LogP contribution in [0.15, 0.2) is 30.6 Å². The molecule has 2 aliphatic rings. The van der Waals surface area contributed by atoms with E-state index >= 15 is 0 Å². The minimum absolute atomic E-state index is 0.0372. The monoisotopic (exact) mass is 449 g/mol. The van der Waals surface area contributed by atoms with E-state index in [1.165, 1.54) is 0 Å².